The number of hydrogen-bond donors (Lipinski definition) is 1. The van der Waals surface area contributed by atoms with Crippen molar-refractivity contribution in [3.05, 3.63) is 23.8 Å². The Hall–Kier alpha value is -1.55. The predicted octanol–water partition coefficient (Wildman–Crippen LogP) is 2.41. The molecule has 1 aromatic heterocycles. The summed E-state index contributed by atoms with van der Waals surface area (Å²) in [6.07, 6.45) is 4.05. The second-order valence-electron chi connectivity index (χ2n) is 5.52. The van der Waals surface area contributed by atoms with E-state index in [9.17, 15) is 0 Å². The maximum Gasteiger partial charge on any atom is 0.201 e. The molecule has 1 fully saturated rings. The molecule has 0 amide bonds. The van der Waals surface area contributed by atoms with Crippen LogP contribution >= 0.6 is 0 Å². The number of anilines is 1. The normalized spacial score (nSPS) is 17.1. The zero-order valence-corrected chi connectivity index (χ0v) is 11.6. The zero-order chi connectivity index (χ0) is 13.2. The standard InChI is InChI=1S/C15H22N4/c1-12-5-6-14-13(11-12)17-15(16)19(14)10-9-18-7-3-2-4-8-18/h5-6,11H,2-4,7-10H2,1H3,(H2,16,17). The number of nitrogen functional groups attached to an aromatic ring is 1. The molecular weight excluding hydrogens is 236 g/mol. The number of piperidine rings is 1. The van der Waals surface area contributed by atoms with Gasteiger partial charge in [-0.25, -0.2) is 4.98 Å². The first-order valence-corrected chi connectivity index (χ1v) is 7.19. The molecule has 4 heteroatoms. The fourth-order valence-electron chi connectivity index (χ4n) is 2.92. The molecule has 1 aliphatic rings. The van der Waals surface area contributed by atoms with Crippen molar-refractivity contribution in [2.45, 2.75) is 32.7 Å². The van der Waals surface area contributed by atoms with E-state index < -0.39 is 0 Å². The van der Waals surface area contributed by atoms with Crippen molar-refractivity contribution in [2.24, 2.45) is 0 Å². The van der Waals surface area contributed by atoms with Gasteiger partial charge in [-0.3, -0.25) is 0 Å². The van der Waals surface area contributed by atoms with Gasteiger partial charge in [-0.05, 0) is 50.6 Å². The minimum absolute atomic E-state index is 0.637. The second kappa shape index (κ2) is 5.21. The fraction of sp³-hybridized carbons (Fsp3) is 0.533. The lowest BCUT2D eigenvalue weighted by atomic mass is 10.1. The van der Waals surface area contributed by atoms with Crippen molar-refractivity contribution in [1.29, 1.82) is 0 Å². The van der Waals surface area contributed by atoms with Crippen molar-refractivity contribution >= 4 is 17.0 Å². The Morgan fingerprint density at radius 1 is 1.16 bits per heavy atom. The molecular formula is C15H22N4. The van der Waals surface area contributed by atoms with Crippen LogP contribution in [0.5, 0.6) is 0 Å². The molecule has 0 atom stereocenters. The lowest BCUT2D eigenvalue weighted by Gasteiger charge is -2.26. The molecule has 0 unspecified atom stereocenters. The van der Waals surface area contributed by atoms with Crippen molar-refractivity contribution in [2.75, 3.05) is 25.4 Å². The fourth-order valence-corrected chi connectivity index (χ4v) is 2.92. The van der Waals surface area contributed by atoms with E-state index in [1.807, 2.05) is 0 Å². The van der Waals surface area contributed by atoms with Gasteiger partial charge in [0.15, 0.2) is 0 Å². The molecule has 3 rings (SSSR count). The summed E-state index contributed by atoms with van der Waals surface area (Å²) in [5, 5.41) is 0. The highest BCUT2D eigenvalue weighted by Gasteiger charge is 2.12. The van der Waals surface area contributed by atoms with E-state index in [1.54, 1.807) is 0 Å². The lowest BCUT2D eigenvalue weighted by molar-refractivity contribution is 0.222. The molecule has 0 saturated carbocycles. The van der Waals surface area contributed by atoms with Gasteiger partial charge in [0, 0.05) is 13.1 Å². The maximum absolute atomic E-state index is 6.05. The number of imidazole rings is 1. The van der Waals surface area contributed by atoms with Crippen LogP contribution in [0, 0.1) is 6.92 Å². The lowest BCUT2D eigenvalue weighted by Crippen LogP contribution is -2.32. The Morgan fingerprint density at radius 3 is 2.74 bits per heavy atom. The Labute approximate surface area is 114 Å². The first-order chi connectivity index (χ1) is 9.24. The number of hydrogen-bond acceptors (Lipinski definition) is 3. The monoisotopic (exact) mass is 258 g/mol. The Bertz CT molecular complexity index is 567. The van der Waals surface area contributed by atoms with E-state index in [1.165, 1.54) is 37.9 Å². The number of aryl methyl sites for hydroxylation is 1. The Kier molecular flexibility index (Phi) is 3.42. The maximum atomic E-state index is 6.05. The van der Waals surface area contributed by atoms with Crippen LogP contribution in [0.3, 0.4) is 0 Å². The minimum Gasteiger partial charge on any atom is -0.369 e. The summed E-state index contributed by atoms with van der Waals surface area (Å²) in [6.45, 7) is 6.55. The highest BCUT2D eigenvalue weighted by Crippen LogP contribution is 2.19. The van der Waals surface area contributed by atoms with Crippen LogP contribution in [0.15, 0.2) is 18.2 Å². The highest BCUT2D eigenvalue weighted by molar-refractivity contribution is 5.79. The van der Waals surface area contributed by atoms with Crippen molar-refractivity contribution < 1.29 is 0 Å². The second-order valence-corrected chi connectivity index (χ2v) is 5.52. The van der Waals surface area contributed by atoms with Crippen molar-refractivity contribution in [3.8, 4) is 0 Å². The van der Waals surface area contributed by atoms with Gasteiger partial charge in [0.2, 0.25) is 5.95 Å². The molecule has 2 N–H and O–H groups in total. The zero-order valence-electron chi connectivity index (χ0n) is 11.6. The summed E-state index contributed by atoms with van der Waals surface area (Å²) < 4.78 is 2.14. The van der Waals surface area contributed by atoms with Crippen LogP contribution in [0.1, 0.15) is 24.8 Å². The van der Waals surface area contributed by atoms with E-state index in [-0.39, 0.29) is 0 Å². The largest absolute Gasteiger partial charge is 0.369 e. The summed E-state index contributed by atoms with van der Waals surface area (Å²) in [7, 11) is 0. The van der Waals surface area contributed by atoms with Gasteiger partial charge in [-0.15, -0.1) is 0 Å². The van der Waals surface area contributed by atoms with E-state index in [2.05, 4.69) is 39.6 Å². The van der Waals surface area contributed by atoms with Crippen LogP contribution in [0.2, 0.25) is 0 Å². The third-order valence-corrected chi connectivity index (χ3v) is 4.02. The van der Waals surface area contributed by atoms with Crippen LogP contribution < -0.4 is 5.73 Å². The molecule has 0 radical (unpaired) electrons. The quantitative estimate of drug-likeness (QED) is 0.919. The number of likely N-dealkylation sites (tertiary alicyclic amines) is 1. The van der Waals surface area contributed by atoms with Gasteiger partial charge in [-0.1, -0.05) is 12.5 Å². The molecule has 0 aliphatic carbocycles. The van der Waals surface area contributed by atoms with Gasteiger partial charge < -0.3 is 15.2 Å². The minimum atomic E-state index is 0.637. The van der Waals surface area contributed by atoms with Gasteiger partial charge in [0.25, 0.3) is 0 Å². The van der Waals surface area contributed by atoms with E-state index in [4.69, 9.17) is 5.73 Å². The smallest absolute Gasteiger partial charge is 0.201 e. The number of nitrogens with two attached hydrogens (primary N) is 1. The number of nitrogens with zero attached hydrogens (tertiary/aromatic N) is 3. The Balaban J connectivity index is 1.78. The molecule has 102 valence electrons. The summed E-state index contributed by atoms with van der Waals surface area (Å²) >= 11 is 0. The van der Waals surface area contributed by atoms with Crippen LogP contribution in [0.4, 0.5) is 5.95 Å². The molecule has 0 bridgehead atoms. The molecule has 19 heavy (non-hydrogen) atoms. The van der Waals surface area contributed by atoms with E-state index in [0.717, 1.165) is 24.1 Å². The highest BCUT2D eigenvalue weighted by atomic mass is 15.2. The number of aromatic nitrogens is 2. The third kappa shape index (κ3) is 2.59. The summed E-state index contributed by atoms with van der Waals surface area (Å²) in [5.41, 5.74) is 9.45. The van der Waals surface area contributed by atoms with Gasteiger partial charge in [0.05, 0.1) is 11.0 Å². The van der Waals surface area contributed by atoms with E-state index in [0.29, 0.717) is 5.95 Å². The van der Waals surface area contributed by atoms with Crippen molar-refractivity contribution in [3.63, 3.8) is 0 Å². The average molecular weight is 258 g/mol. The van der Waals surface area contributed by atoms with E-state index >= 15 is 0 Å². The number of fused-ring (bicyclic) bond motifs is 1. The first kappa shape index (κ1) is 12.5. The van der Waals surface area contributed by atoms with Crippen LogP contribution in [-0.2, 0) is 6.54 Å². The molecule has 4 nitrogen and oxygen atoms in total. The third-order valence-electron chi connectivity index (χ3n) is 4.02. The predicted molar refractivity (Wildman–Crippen MR) is 79.2 cm³/mol. The first-order valence-electron chi connectivity index (χ1n) is 7.19. The average Bonchev–Trinajstić information content (AvgIpc) is 2.72. The molecule has 1 aliphatic heterocycles. The van der Waals surface area contributed by atoms with Crippen molar-refractivity contribution in [1.82, 2.24) is 14.5 Å². The molecule has 2 aromatic rings. The van der Waals surface area contributed by atoms with Crippen LogP contribution in [-0.4, -0.2) is 34.1 Å². The topological polar surface area (TPSA) is 47.1 Å². The number of rotatable bonds is 3. The summed E-state index contributed by atoms with van der Waals surface area (Å²) in [4.78, 5) is 6.99. The SMILES string of the molecule is Cc1ccc2c(c1)nc(N)n2CCN1CCCCC1. The molecule has 1 saturated heterocycles. The molecule has 0 spiro atoms. The number of benzene rings is 1. The molecule has 2 heterocycles. The van der Waals surface area contributed by atoms with Gasteiger partial charge in [-0.2, -0.15) is 0 Å². The van der Waals surface area contributed by atoms with Crippen LogP contribution in [0.25, 0.3) is 11.0 Å². The Morgan fingerprint density at radius 2 is 1.95 bits per heavy atom. The van der Waals surface area contributed by atoms with Gasteiger partial charge >= 0.3 is 0 Å². The summed E-state index contributed by atoms with van der Waals surface area (Å²) in [6, 6.07) is 6.36. The molecule has 1 aromatic carbocycles. The van der Waals surface area contributed by atoms with Gasteiger partial charge in [0.1, 0.15) is 0 Å². The summed E-state index contributed by atoms with van der Waals surface area (Å²) in [5.74, 6) is 0.637.